The van der Waals surface area contributed by atoms with Gasteiger partial charge in [-0.25, -0.2) is 0 Å². The van der Waals surface area contributed by atoms with E-state index in [0.717, 1.165) is 27.6 Å². The molecule has 1 N–H and O–H groups in total. The second-order valence-corrected chi connectivity index (χ2v) is 6.15. The number of benzene rings is 4. The smallest absolute Gasteiger partial charge is 0.255 e. The zero-order valence-electron chi connectivity index (χ0n) is 14.6. The first-order valence-electron chi connectivity index (χ1n) is 8.76. The summed E-state index contributed by atoms with van der Waals surface area (Å²) < 4.78 is 0. The van der Waals surface area contributed by atoms with Gasteiger partial charge in [-0.1, -0.05) is 72.5 Å². The molecule has 0 saturated heterocycles. The minimum atomic E-state index is -0.131. The first-order valence-corrected chi connectivity index (χ1v) is 8.76. The van der Waals surface area contributed by atoms with Gasteiger partial charge in [0, 0.05) is 22.1 Å². The number of rotatable bonds is 2. The fraction of sp³-hybridized carbons (Fsp3) is 0. The Morgan fingerprint density at radius 3 is 2.07 bits per heavy atom. The number of anilines is 1. The molecule has 4 aromatic carbocycles. The molecule has 27 heavy (non-hydrogen) atoms. The zero-order chi connectivity index (χ0) is 18.5. The fourth-order valence-electron chi connectivity index (χ4n) is 2.99. The largest absolute Gasteiger partial charge is 0.321 e. The molecule has 4 rings (SSSR count). The van der Waals surface area contributed by atoms with Crippen molar-refractivity contribution >= 4 is 22.4 Å². The van der Waals surface area contributed by atoms with Crippen LogP contribution in [-0.2, 0) is 0 Å². The highest BCUT2D eigenvalue weighted by molar-refractivity contribution is 6.10. The SMILES string of the molecule is O=C(Nc1cccc2cccc(C#Cc3ccccc3)c12)c1ccccc1. The molecule has 0 heterocycles. The molecule has 0 atom stereocenters. The summed E-state index contributed by atoms with van der Waals surface area (Å²) in [5.41, 5.74) is 3.24. The lowest BCUT2D eigenvalue weighted by atomic mass is 10.0. The van der Waals surface area contributed by atoms with Crippen LogP contribution in [0, 0.1) is 11.8 Å². The van der Waals surface area contributed by atoms with Crippen LogP contribution in [0.25, 0.3) is 10.8 Å². The number of hydrogen-bond donors (Lipinski definition) is 1. The summed E-state index contributed by atoms with van der Waals surface area (Å²) in [5.74, 6) is 6.33. The van der Waals surface area contributed by atoms with Crippen molar-refractivity contribution in [2.45, 2.75) is 0 Å². The number of nitrogens with one attached hydrogen (secondary N) is 1. The predicted molar refractivity (Wildman–Crippen MR) is 111 cm³/mol. The number of carbonyl (C=O) groups excluding carboxylic acids is 1. The maximum absolute atomic E-state index is 12.6. The molecule has 4 aromatic rings. The second kappa shape index (κ2) is 7.59. The van der Waals surface area contributed by atoms with Crippen LogP contribution in [0.5, 0.6) is 0 Å². The van der Waals surface area contributed by atoms with E-state index in [2.05, 4.69) is 17.2 Å². The summed E-state index contributed by atoms with van der Waals surface area (Å²) in [6.07, 6.45) is 0. The zero-order valence-corrected chi connectivity index (χ0v) is 14.6. The van der Waals surface area contributed by atoms with Crippen LogP contribution >= 0.6 is 0 Å². The van der Waals surface area contributed by atoms with Gasteiger partial charge in [0.1, 0.15) is 0 Å². The van der Waals surface area contributed by atoms with Crippen LogP contribution in [0.15, 0.2) is 97.1 Å². The van der Waals surface area contributed by atoms with Gasteiger partial charge in [-0.3, -0.25) is 4.79 Å². The Kier molecular flexibility index (Phi) is 4.68. The van der Waals surface area contributed by atoms with Crippen molar-refractivity contribution in [2.24, 2.45) is 0 Å². The summed E-state index contributed by atoms with van der Waals surface area (Å²) in [5, 5.41) is 5.03. The average Bonchev–Trinajstić information content (AvgIpc) is 2.73. The van der Waals surface area contributed by atoms with Crippen molar-refractivity contribution in [1.82, 2.24) is 0 Å². The van der Waals surface area contributed by atoms with Crippen molar-refractivity contribution in [3.05, 3.63) is 114 Å². The van der Waals surface area contributed by atoms with Gasteiger partial charge in [0.05, 0.1) is 5.69 Å². The number of carbonyl (C=O) groups is 1. The van der Waals surface area contributed by atoms with E-state index >= 15 is 0 Å². The minimum Gasteiger partial charge on any atom is -0.321 e. The van der Waals surface area contributed by atoms with Crippen LogP contribution < -0.4 is 5.32 Å². The Morgan fingerprint density at radius 1 is 0.667 bits per heavy atom. The van der Waals surface area contributed by atoms with Gasteiger partial charge in [-0.2, -0.15) is 0 Å². The van der Waals surface area contributed by atoms with Crippen molar-refractivity contribution in [2.75, 3.05) is 5.32 Å². The highest BCUT2D eigenvalue weighted by Gasteiger charge is 2.10. The van der Waals surface area contributed by atoms with Crippen molar-refractivity contribution < 1.29 is 4.79 Å². The summed E-state index contributed by atoms with van der Waals surface area (Å²) in [6, 6.07) is 31.0. The average molecular weight is 347 g/mol. The van der Waals surface area contributed by atoms with E-state index < -0.39 is 0 Å². The summed E-state index contributed by atoms with van der Waals surface area (Å²) in [6.45, 7) is 0. The first kappa shape index (κ1) is 16.6. The summed E-state index contributed by atoms with van der Waals surface area (Å²) in [7, 11) is 0. The lowest BCUT2D eigenvalue weighted by molar-refractivity contribution is 0.102. The summed E-state index contributed by atoms with van der Waals surface area (Å²) >= 11 is 0. The molecule has 0 fully saturated rings. The first-order chi connectivity index (χ1) is 13.3. The van der Waals surface area contributed by atoms with E-state index in [1.165, 1.54) is 0 Å². The normalized spacial score (nSPS) is 10.1. The van der Waals surface area contributed by atoms with Gasteiger partial charge in [0.2, 0.25) is 0 Å². The Morgan fingerprint density at radius 2 is 1.33 bits per heavy atom. The number of fused-ring (bicyclic) bond motifs is 1. The molecule has 0 bridgehead atoms. The maximum Gasteiger partial charge on any atom is 0.255 e. The van der Waals surface area contributed by atoms with E-state index in [0.29, 0.717) is 5.56 Å². The predicted octanol–water partition coefficient (Wildman–Crippen LogP) is 5.49. The Bertz CT molecular complexity index is 1150. The molecule has 0 aliphatic rings. The van der Waals surface area contributed by atoms with Crippen LogP contribution in [0.2, 0.25) is 0 Å². The molecule has 2 nitrogen and oxygen atoms in total. The van der Waals surface area contributed by atoms with Gasteiger partial charge in [0.25, 0.3) is 5.91 Å². The Labute approximate surface area is 158 Å². The van der Waals surface area contributed by atoms with Crippen molar-refractivity contribution in [3.8, 4) is 11.8 Å². The lowest BCUT2D eigenvalue weighted by Gasteiger charge is -2.10. The molecule has 0 aromatic heterocycles. The molecule has 2 heteroatoms. The molecule has 0 aliphatic heterocycles. The van der Waals surface area contributed by atoms with Crippen LogP contribution in [0.4, 0.5) is 5.69 Å². The molecule has 0 unspecified atom stereocenters. The molecule has 0 saturated carbocycles. The van der Waals surface area contributed by atoms with Crippen LogP contribution in [0.3, 0.4) is 0 Å². The quantitative estimate of drug-likeness (QED) is 0.477. The lowest BCUT2D eigenvalue weighted by Crippen LogP contribution is -2.12. The molecule has 0 aliphatic carbocycles. The molecular formula is C25H17NO. The van der Waals surface area contributed by atoms with Gasteiger partial charge < -0.3 is 5.32 Å². The minimum absolute atomic E-state index is 0.131. The van der Waals surface area contributed by atoms with Crippen LogP contribution in [-0.4, -0.2) is 5.91 Å². The maximum atomic E-state index is 12.6. The molecule has 128 valence electrons. The topological polar surface area (TPSA) is 29.1 Å². The third kappa shape index (κ3) is 3.73. The fourth-order valence-corrected chi connectivity index (χ4v) is 2.99. The van der Waals surface area contributed by atoms with Gasteiger partial charge in [-0.05, 0) is 41.8 Å². The van der Waals surface area contributed by atoms with E-state index in [-0.39, 0.29) is 5.91 Å². The van der Waals surface area contributed by atoms with Crippen molar-refractivity contribution in [1.29, 1.82) is 0 Å². The van der Waals surface area contributed by atoms with E-state index in [9.17, 15) is 4.79 Å². The van der Waals surface area contributed by atoms with Gasteiger partial charge >= 0.3 is 0 Å². The van der Waals surface area contributed by atoms with E-state index in [1.807, 2.05) is 84.9 Å². The molecule has 1 amide bonds. The van der Waals surface area contributed by atoms with Crippen molar-refractivity contribution in [3.63, 3.8) is 0 Å². The third-order valence-electron chi connectivity index (χ3n) is 4.30. The molecule has 0 radical (unpaired) electrons. The highest BCUT2D eigenvalue weighted by atomic mass is 16.1. The van der Waals surface area contributed by atoms with Gasteiger partial charge in [0.15, 0.2) is 0 Å². The number of amides is 1. The van der Waals surface area contributed by atoms with Crippen LogP contribution in [0.1, 0.15) is 21.5 Å². The van der Waals surface area contributed by atoms with Gasteiger partial charge in [-0.15, -0.1) is 0 Å². The number of hydrogen-bond acceptors (Lipinski definition) is 1. The standard InChI is InChI=1S/C25H17NO/c27-25(22-11-5-2-6-12-22)26-23-16-8-15-20-13-7-14-21(24(20)23)18-17-19-9-3-1-4-10-19/h1-16H,(H,26,27). The monoisotopic (exact) mass is 347 g/mol. The second-order valence-electron chi connectivity index (χ2n) is 6.15. The molecular weight excluding hydrogens is 330 g/mol. The Balaban J connectivity index is 1.76. The molecule has 0 spiro atoms. The summed E-state index contributed by atoms with van der Waals surface area (Å²) in [4.78, 5) is 12.6. The van der Waals surface area contributed by atoms with E-state index in [4.69, 9.17) is 0 Å². The highest BCUT2D eigenvalue weighted by Crippen LogP contribution is 2.27. The van der Waals surface area contributed by atoms with E-state index in [1.54, 1.807) is 12.1 Å². The third-order valence-corrected chi connectivity index (χ3v) is 4.30. The Hall–Kier alpha value is -3.83.